The summed E-state index contributed by atoms with van der Waals surface area (Å²) in [4.78, 5) is 3.90. The highest BCUT2D eigenvalue weighted by Gasteiger charge is 2.32. The molecule has 0 spiro atoms. The van der Waals surface area contributed by atoms with Crippen molar-refractivity contribution in [3.63, 3.8) is 0 Å². The van der Waals surface area contributed by atoms with Gasteiger partial charge in [0.1, 0.15) is 0 Å². The lowest BCUT2D eigenvalue weighted by Crippen LogP contribution is -2.09. The molecule has 0 heterocycles. The number of hydrogen-bond donors (Lipinski definition) is 0. The summed E-state index contributed by atoms with van der Waals surface area (Å²) in [6.07, 6.45) is 0. The normalized spacial score (nSPS) is 11.1. The predicted octanol–water partition coefficient (Wildman–Crippen LogP) is 7.01. The van der Waals surface area contributed by atoms with Crippen LogP contribution in [-0.2, 0) is 10.9 Å². The molecular formula is C21H19Cl2S+. The number of aryl methyl sites for hydroxylation is 3. The number of halogens is 2. The fourth-order valence-corrected chi connectivity index (χ4v) is 5.58. The molecule has 0 aliphatic carbocycles. The van der Waals surface area contributed by atoms with E-state index in [1.807, 2.05) is 24.3 Å². The van der Waals surface area contributed by atoms with E-state index in [1.54, 1.807) is 0 Å². The molecule has 0 aromatic heterocycles. The summed E-state index contributed by atoms with van der Waals surface area (Å²) in [7, 11) is -0.180. The highest BCUT2D eigenvalue weighted by atomic mass is 35.5. The molecule has 0 unspecified atom stereocenters. The van der Waals surface area contributed by atoms with Crippen molar-refractivity contribution in [2.45, 2.75) is 35.5 Å². The van der Waals surface area contributed by atoms with E-state index in [0.29, 0.717) is 0 Å². The zero-order valence-corrected chi connectivity index (χ0v) is 16.3. The summed E-state index contributed by atoms with van der Waals surface area (Å²) in [6, 6.07) is 20.9. The summed E-state index contributed by atoms with van der Waals surface area (Å²) < 4.78 is 0. The van der Waals surface area contributed by atoms with Crippen LogP contribution in [0.15, 0.2) is 75.4 Å². The molecular weight excluding hydrogens is 355 g/mol. The molecule has 24 heavy (non-hydrogen) atoms. The Morgan fingerprint density at radius 3 is 1.38 bits per heavy atom. The third-order valence-electron chi connectivity index (χ3n) is 3.91. The van der Waals surface area contributed by atoms with Crippen molar-refractivity contribution in [2.24, 2.45) is 0 Å². The van der Waals surface area contributed by atoms with Crippen molar-refractivity contribution in [3.8, 4) is 0 Å². The fraction of sp³-hybridized carbons (Fsp3) is 0.143. The lowest BCUT2D eigenvalue weighted by molar-refractivity contribution is 1.16. The van der Waals surface area contributed by atoms with Crippen molar-refractivity contribution < 1.29 is 0 Å². The second kappa shape index (κ2) is 7.23. The molecule has 0 radical (unpaired) electrons. The Kier molecular flexibility index (Phi) is 5.24. The van der Waals surface area contributed by atoms with E-state index < -0.39 is 0 Å². The van der Waals surface area contributed by atoms with Crippen LogP contribution in [-0.4, -0.2) is 0 Å². The molecule has 0 saturated heterocycles. The van der Waals surface area contributed by atoms with Gasteiger partial charge >= 0.3 is 0 Å². The standard InChI is InChI=1S/C21H19Cl2S/c1-14-12-15(2)21(16(3)13-14)24(19-8-4-17(22)5-9-19)20-10-6-18(23)7-11-20/h4-13H,1-3H3/q+1. The van der Waals surface area contributed by atoms with Crippen molar-refractivity contribution in [3.05, 3.63) is 87.4 Å². The van der Waals surface area contributed by atoms with Crippen LogP contribution in [0.1, 0.15) is 16.7 Å². The van der Waals surface area contributed by atoms with Gasteiger partial charge in [-0.1, -0.05) is 40.9 Å². The van der Waals surface area contributed by atoms with Gasteiger partial charge in [0.2, 0.25) is 0 Å². The first-order chi connectivity index (χ1) is 11.5. The molecule has 3 aromatic carbocycles. The molecule has 0 saturated carbocycles. The van der Waals surface area contributed by atoms with Gasteiger partial charge < -0.3 is 0 Å². The molecule has 0 fully saturated rings. The van der Waals surface area contributed by atoms with Gasteiger partial charge in [-0.2, -0.15) is 0 Å². The number of hydrogen-bond acceptors (Lipinski definition) is 0. The third kappa shape index (κ3) is 3.64. The van der Waals surface area contributed by atoms with Crippen molar-refractivity contribution >= 4 is 34.1 Å². The first-order valence-corrected chi connectivity index (χ1v) is 9.77. The summed E-state index contributed by atoms with van der Waals surface area (Å²) in [6.45, 7) is 6.54. The van der Waals surface area contributed by atoms with Gasteiger partial charge in [-0.05, 0) is 69.3 Å². The number of benzene rings is 3. The highest BCUT2D eigenvalue weighted by Crippen LogP contribution is 2.36. The van der Waals surface area contributed by atoms with E-state index >= 15 is 0 Å². The quantitative estimate of drug-likeness (QED) is 0.432. The first kappa shape index (κ1) is 17.4. The Morgan fingerprint density at radius 2 is 1.00 bits per heavy atom. The molecule has 3 heteroatoms. The minimum absolute atomic E-state index is 0.180. The van der Waals surface area contributed by atoms with E-state index in [2.05, 4.69) is 57.2 Å². The fourth-order valence-electron chi connectivity index (χ4n) is 3.00. The maximum Gasteiger partial charge on any atom is 0.172 e. The Bertz CT molecular complexity index is 784. The molecule has 0 N–H and O–H groups in total. The van der Waals surface area contributed by atoms with Crippen LogP contribution < -0.4 is 0 Å². The topological polar surface area (TPSA) is 0 Å². The summed E-state index contributed by atoms with van der Waals surface area (Å²) in [5.41, 5.74) is 3.94. The van der Waals surface area contributed by atoms with Crippen LogP contribution in [0.3, 0.4) is 0 Å². The van der Waals surface area contributed by atoms with Crippen LogP contribution in [0.2, 0.25) is 10.0 Å². The predicted molar refractivity (Wildman–Crippen MR) is 106 cm³/mol. The zero-order valence-electron chi connectivity index (χ0n) is 13.9. The van der Waals surface area contributed by atoms with Crippen molar-refractivity contribution in [1.82, 2.24) is 0 Å². The average Bonchev–Trinajstić information content (AvgIpc) is 2.53. The lowest BCUT2D eigenvalue weighted by atomic mass is 10.1. The van der Waals surface area contributed by atoms with E-state index in [4.69, 9.17) is 23.2 Å². The monoisotopic (exact) mass is 373 g/mol. The van der Waals surface area contributed by atoms with Gasteiger partial charge in [0.15, 0.2) is 14.7 Å². The van der Waals surface area contributed by atoms with Gasteiger partial charge in [-0.3, -0.25) is 0 Å². The highest BCUT2D eigenvalue weighted by molar-refractivity contribution is 7.97. The summed E-state index contributed by atoms with van der Waals surface area (Å²) in [5.74, 6) is 0. The average molecular weight is 374 g/mol. The summed E-state index contributed by atoms with van der Waals surface area (Å²) >= 11 is 12.2. The van der Waals surface area contributed by atoms with E-state index in [-0.39, 0.29) is 10.9 Å². The van der Waals surface area contributed by atoms with E-state index in [1.165, 1.54) is 31.4 Å². The summed E-state index contributed by atoms with van der Waals surface area (Å²) in [5, 5.41) is 1.52. The van der Waals surface area contributed by atoms with Gasteiger partial charge in [0.05, 0.1) is 10.9 Å². The second-order valence-corrected chi connectivity index (χ2v) is 8.78. The largest absolute Gasteiger partial charge is 0.172 e. The van der Waals surface area contributed by atoms with E-state index in [9.17, 15) is 0 Å². The minimum Gasteiger partial charge on any atom is -0.0843 e. The maximum atomic E-state index is 6.10. The maximum absolute atomic E-state index is 6.10. The molecule has 0 amide bonds. The SMILES string of the molecule is Cc1cc(C)c([S+](c2ccc(Cl)cc2)c2ccc(Cl)cc2)c(C)c1. The molecule has 0 aliphatic rings. The second-order valence-electron chi connectivity index (χ2n) is 5.94. The third-order valence-corrected chi connectivity index (χ3v) is 6.95. The van der Waals surface area contributed by atoms with Gasteiger partial charge in [-0.15, -0.1) is 0 Å². The van der Waals surface area contributed by atoms with Gasteiger partial charge in [0, 0.05) is 21.2 Å². The molecule has 0 bridgehead atoms. The van der Waals surface area contributed by atoms with Crippen LogP contribution in [0.5, 0.6) is 0 Å². The van der Waals surface area contributed by atoms with Gasteiger partial charge in [-0.25, -0.2) is 0 Å². The zero-order chi connectivity index (χ0) is 17.3. The van der Waals surface area contributed by atoms with Gasteiger partial charge in [0.25, 0.3) is 0 Å². The molecule has 3 rings (SSSR count). The van der Waals surface area contributed by atoms with Crippen molar-refractivity contribution in [1.29, 1.82) is 0 Å². The Labute approximate surface area is 156 Å². The Balaban J connectivity index is 2.22. The van der Waals surface area contributed by atoms with Crippen LogP contribution in [0.4, 0.5) is 0 Å². The van der Waals surface area contributed by atoms with Crippen molar-refractivity contribution in [2.75, 3.05) is 0 Å². The Hall–Kier alpha value is -1.41. The lowest BCUT2D eigenvalue weighted by Gasteiger charge is -2.13. The van der Waals surface area contributed by atoms with Crippen LogP contribution in [0.25, 0.3) is 0 Å². The van der Waals surface area contributed by atoms with E-state index in [0.717, 1.165) is 10.0 Å². The molecule has 0 nitrogen and oxygen atoms in total. The van der Waals surface area contributed by atoms with Crippen LogP contribution >= 0.6 is 23.2 Å². The minimum atomic E-state index is -0.180. The van der Waals surface area contributed by atoms with Crippen LogP contribution in [0, 0.1) is 20.8 Å². The smallest absolute Gasteiger partial charge is 0.0843 e. The molecule has 0 aliphatic heterocycles. The number of rotatable bonds is 3. The molecule has 122 valence electrons. The molecule has 3 aromatic rings. The molecule has 0 atom stereocenters. The first-order valence-electron chi connectivity index (χ1n) is 7.79. The Morgan fingerprint density at radius 1 is 0.625 bits per heavy atom.